The Morgan fingerprint density at radius 1 is 1.00 bits per heavy atom. The highest BCUT2D eigenvalue weighted by molar-refractivity contribution is 5.84. The lowest BCUT2D eigenvalue weighted by molar-refractivity contribution is -0.344. The minimum absolute atomic E-state index is 0.0293. The normalized spacial score (nSPS) is 19.3. The van der Waals surface area contributed by atoms with Gasteiger partial charge in [0, 0.05) is 13.1 Å². The third-order valence-electron chi connectivity index (χ3n) is 2.31. The first-order valence-corrected chi connectivity index (χ1v) is 4.96. The maximum Gasteiger partial charge on any atom is 0.460 e. The van der Waals surface area contributed by atoms with E-state index in [4.69, 9.17) is 4.74 Å². The summed E-state index contributed by atoms with van der Waals surface area (Å²) in [5.74, 6) is -15.1. The molecule has 1 N–H and O–H groups in total. The second-order valence-electron chi connectivity index (χ2n) is 3.69. The average Bonchev–Trinajstić information content (AvgIpc) is 2.28. The molecule has 1 aliphatic heterocycles. The minimum Gasteiger partial charge on any atom is -0.379 e. The SMILES string of the molecule is O=C(NN1CCOCC1)C(F)(F)C(F)(F)C(F)(F)F. The molecule has 0 spiro atoms. The topological polar surface area (TPSA) is 41.6 Å². The molecule has 4 nitrogen and oxygen atoms in total. The molecule has 0 unspecified atom stereocenters. The number of rotatable bonds is 3. The highest BCUT2D eigenvalue weighted by Gasteiger charge is 2.76. The second-order valence-corrected chi connectivity index (χ2v) is 3.69. The van der Waals surface area contributed by atoms with Crippen LogP contribution in [0.2, 0.25) is 0 Å². The monoisotopic (exact) mass is 298 g/mol. The molecule has 1 fully saturated rings. The highest BCUT2D eigenvalue weighted by Crippen LogP contribution is 2.46. The predicted molar refractivity (Wildman–Crippen MR) is 46.5 cm³/mol. The number of hydrogen-bond acceptors (Lipinski definition) is 3. The van der Waals surface area contributed by atoms with Crippen LogP contribution in [0, 0.1) is 0 Å². The standard InChI is InChI=1S/C8H9F7N2O2/c9-6(10,7(11,12)8(13,14)15)5(18)16-17-1-3-19-4-2-17/h1-4H2,(H,16,18). The lowest BCUT2D eigenvalue weighted by Crippen LogP contribution is -2.62. The van der Waals surface area contributed by atoms with Crippen molar-refractivity contribution >= 4 is 5.91 Å². The van der Waals surface area contributed by atoms with Crippen molar-refractivity contribution in [2.24, 2.45) is 0 Å². The van der Waals surface area contributed by atoms with Crippen LogP contribution < -0.4 is 5.43 Å². The van der Waals surface area contributed by atoms with Crippen LogP contribution in [0.4, 0.5) is 30.7 Å². The number of carbonyl (C=O) groups is 1. The summed E-state index contributed by atoms with van der Waals surface area (Å²) >= 11 is 0. The molecule has 0 aromatic carbocycles. The summed E-state index contributed by atoms with van der Waals surface area (Å²) in [6, 6.07) is 0. The Hall–Kier alpha value is -1.10. The Balaban J connectivity index is 2.78. The fourth-order valence-electron chi connectivity index (χ4n) is 1.21. The van der Waals surface area contributed by atoms with Crippen molar-refractivity contribution in [3.8, 4) is 0 Å². The third kappa shape index (κ3) is 3.08. The molecule has 11 heteroatoms. The van der Waals surface area contributed by atoms with E-state index in [-0.39, 0.29) is 26.3 Å². The first-order chi connectivity index (χ1) is 8.50. The van der Waals surface area contributed by atoms with Crippen LogP contribution in [0.5, 0.6) is 0 Å². The van der Waals surface area contributed by atoms with Crippen LogP contribution in [0.3, 0.4) is 0 Å². The van der Waals surface area contributed by atoms with Gasteiger partial charge in [-0.25, -0.2) is 5.01 Å². The van der Waals surface area contributed by atoms with Gasteiger partial charge in [0.2, 0.25) is 0 Å². The van der Waals surface area contributed by atoms with Gasteiger partial charge in [0.15, 0.2) is 0 Å². The van der Waals surface area contributed by atoms with Gasteiger partial charge in [-0.05, 0) is 0 Å². The Morgan fingerprint density at radius 2 is 1.47 bits per heavy atom. The van der Waals surface area contributed by atoms with Crippen LogP contribution >= 0.6 is 0 Å². The molecule has 19 heavy (non-hydrogen) atoms. The van der Waals surface area contributed by atoms with Crippen molar-refractivity contribution in [1.29, 1.82) is 0 Å². The van der Waals surface area contributed by atoms with E-state index in [0.717, 1.165) is 5.01 Å². The van der Waals surface area contributed by atoms with Crippen molar-refractivity contribution in [3.05, 3.63) is 0 Å². The average molecular weight is 298 g/mol. The Morgan fingerprint density at radius 3 is 1.89 bits per heavy atom. The molecule has 1 rings (SSSR count). The van der Waals surface area contributed by atoms with Crippen LogP contribution in [0.15, 0.2) is 0 Å². The molecule has 112 valence electrons. The third-order valence-corrected chi connectivity index (χ3v) is 2.31. The smallest absolute Gasteiger partial charge is 0.379 e. The largest absolute Gasteiger partial charge is 0.460 e. The molecule has 1 saturated heterocycles. The molecule has 1 amide bonds. The molecule has 1 heterocycles. The van der Waals surface area contributed by atoms with Crippen LogP contribution in [-0.2, 0) is 9.53 Å². The molecule has 0 atom stereocenters. The Bertz CT molecular complexity index is 338. The van der Waals surface area contributed by atoms with Crippen molar-refractivity contribution in [3.63, 3.8) is 0 Å². The number of amides is 1. The summed E-state index contributed by atoms with van der Waals surface area (Å²) in [4.78, 5) is 10.9. The van der Waals surface area contributed by atoms with Crippen molar-refractivity contribution in [1.82, 2.24) is 10.4 Å². The van der Waals surface area contributed by atoms with Gasteiger partial charge in [-0.3, -0.25) is 10.2 Å². The number of morpholine rings is 1. The fourth-order valence-corrected chi connectivity index (χ4v) is 1.21. The zero-order chi connectivity index (χ0) is 14.9. The number of carbonyl (C=O) groups excluding carboxylic acids is 1. The van der Waals surface area contributed by atoms with Gasteiger partial charge in [-0.2, -0.15) is 30.7 Å². The maximum atomic E-state index is 12.9. The van der Waals surface area contributed by atoms with E-state index in [0.29, 0.717) is 0 Å². The molecular weight excluding hydrogens is 289 g/mol. The first-order valence-electron chi connectivity index (χ1n) is 4.96. The van der Waals surface area contributed by atoms with E-state index in [1.54, 1.807) is 0 Å². The molecule has 1 aliphatic rings. The first kappa shape index (κ1) is 16.0. The minimum atomic E-state index is -6.53. The summed E-state index contributed by atoms with van der Waals surface area (Å²) in [7, 11) is 0. The maximum absolute atomic E-state index is 12.9. The quantitative estimate of drug-likeness (QED) is 0.796. The summed E-state index contributed by atoms with van der Waals surface area (Å²) in [5.41, 5.74) is 1.32. The number of nitrogens with zero attached hydrogens (tertiary/aromatic N) is 1. The van der Waals surface area contributed by atoms with Gasteiger partial charge < -0.3 is 4.74 Å². The summed E-state index contributed by atoms with van der Waals surface area (Å²) in [6.07, 6.45) is -6.53. The zero-order valence-corrected chi connectivity index (χ0v) is 9.24. The molecule has 0 aromatic rings. The van der Waals surface area contributed by atoms with Crippen LogP contribution in [0.1, 0.15) is 0 Å². The van der Waals surface area contributed by atoms with Gasteiger partial charge in [0.05, 0.1) is 13.2 Å². The number of hydrogen-bond donors (Lipinski definition) is 1. The number of halogens is 7. The van der Waals surface area contributed by atoms with E-state index in [1.165, 1.54) is 5.43 Å². The van der Waals surface area contributed by atoms with Crippen molar-refractivity contribution in [2.75, 3.05) is 26.3 Å². The van der Waals surface area contributed by atoms with Gasteiger partial charge in [-0.1, -0.05) is 0 Å². The number of ether oxygens (including phenoxy) is 1. The van der Waals surface area contributed by atoms with E-state index >= 15 is 0 Å². The zero-order valence-electron chi connectivity index (χ0n) is 9.24. The van der Waals surface area contributed by atoms with E-state index in [2.05, 4.69) is 0 Å². The molecule has 0 radical (unpaired) electrons. The van der Waals surface area contributed by atoms with Gasteiger partial charge in [0.25, 0.3) is 0 Å². The molecule has 0 aromatic heterocycles. The molecule has 0 aliphatic carbocycles. The predicted octanol–water partition coefficient (Wildman–Crippen LogP) is 1.18. The Kier molecular flexibility index (Phi) is 4.30. The summed E-state index contributed by atoms with van der Waals surface area (Å²) in [5, 5.41) is 0.784. The van der Waals surface area contributed by atoms with Crippen molar-refractivity contribution < 1.29 is 40.3 Å². The Labute approximate surface area is 102 Å². The lowest BCUT2D eigenvalue weighted by atomic mass is 10.1. The van der Waals surface area contributed by atoms with Gasteiger partial charge in [0.1, 0.15) is 0 Å². The number of hydrazine groups is 1. The van der Waals surface area contributed by atoms with Crippen LogP contribution in [0.25, 0.3) is 0 Å². The second kappa shape index (κ2) is 5.12. The molecule has 0 saturated carbocycles. The van der Waals surface area contributed by atoms with E-state index in [9.17, 15) is 35.5 Å². The van der Waals surface area contributed by atoms with Gasteiger partial charge in [-0.15, -0.1) is 0 Å². The molecular formula is C8H9F7N2O2. The highest BCUT2D eigenvalue weighted by atomic mass is 19.4. The lowest BCUT2D eigenvalue weighted by Gasteiger charge is -2.31. The van der Waals surface area contributed by atoms with E-state index in [1.807, 2.05) is 0 Å². The number of nitrogens with one attached hydrogen (secondary N) is 1. The summed E-state index contributed by atoms with van der Waals surface area (Å²) < 4.78 is 91.1. The van der Waals surface area contributed by atoms with Gasteiger partial charge >= 0.3 is 23.9 Å². The fraction of sp³-hybridized carbons (Fsp3) is 0.875. The molecule has 0 bridgehead atoms. The van der Waals surface area contributed by atoms with E-state index < -0.39 is 23.9 Å². The number of alkyl halides is 7. The summed E-state index contributed by atoms with van der Waals surface area (Å²) in [6.45, 7) is -0.137. The van der Waals surface area contributed by atoms with Crippen molar-refractivity contribution in [2.45, 2.75) is 18.0 Å². The van der Waals surface area contributed by atoms with Crippen LogP contribution in [-0.4, -0.2) is 55.2 Å².